The first-order valence-electron chi connectivity index (χ1n) is 7.30. The number of carbonyl (C=O) groups is 1. The highest BCUT2D eigenvalue weighted by molar-refractivity contribution is 5.66. The number of esters is 1. The fourth-order valence-corrected chi connectivity index (χ4v) is 3.60. The second-order valence-corrected chi connectivity index (χ2v) is 6.00. The van der Waals surface area contributed by atoms with E-state index in [-0.39, 0.29) is 31.0 Å². The van der Waals surface area contributed by atoms with Crippen molar-refractivity contribution >= 4 is 5.97 Å². The molecule has 2 aliphatic rings. The summed E-state index contributed by atoms with van der Waals surface area (Å²) in [5.74, 6) is -3.09. The predicted molar refractivity (Wildman–Crippen MR) is 73.9 cm³/mol. The van der Waals surface area contributed by atoms with Crippen LogP contribution >= 0.6 is 0 Å². The van der Waals surface area contributed by atoms with Crippen LogP contribution in [0.25, 0.3) is 0 Å². The van der Waals surface area contributed by atoms with Gasteiger partial charge in [-0.2, -0.15) is 0 Å². The zero-order valence-electron chi connectivity index (χ0n) is 12.0. The van der Waals surface area contributed by atoms with Gasteiger partial charge < -0.3 is 4.74 Å². The van der Waals surface area contributed by atoms with Crippen molar-refractivity contribution in [2.45, 2.75) is 56.8 Å². The number of nitrogens with zero attached hydrogens (tertiary/aromatic N) is 1. The van der Waals surface area contributed by atoms with Crippen molar-refractivity contribution in [1.29, 1.82) is 0 Å². The van der Waals surface area contributed by atoms with Gasteiger partial charge in [0.25, 0.3) is 5.92 Å². The zero-order chi connectivity index (χ0) is 15.0. The molecule has 0 radical (unpaired) electrons. The van der Waals surface area contributed by atoms with E-state index in [9.17, 15) is 13.6 Å². The minimum absolute atomic E-state index is 0.137. The van der Waals surface area contributed by atoms with Crippen LogP contribution in [0.3, 0.4) is 0 Å². The molecule has 2 fully saturated rings. The maximum absolute atomic E-state index is 14.2. The second-order valence-electron chi connectivity index (χ2n) is 6.00. The fourth-order valence-electron chi connectivity index (χ4n) is 3.60. The summed E-state index contributed by atoms with van der Waals surface area (Å²) in [5.41, 5.74) is 1.04. The maximum Gasteiger partial charge on any atom is 0.302 e. The van der Waals surface area contributed by atoms with Crippen molar-refractivity contribution in [2.24, 2.45) is 0 Å². The van der Waals surface area contributed by atoms with Crippen LogP contribution in [0.4, 0.5) is 8.78 Å². The molecule has 0 aromatic heterocycles. The molecule has 0 N–H and O–H groups in total. The number of piperidine rings is 1. The third kappa shape index (κ3) is 2.93. The first-order valence-corrected chi connectivity index (χ1v) is 7.30. The van der Waals surface area contributed by atoms with Crippen LogP contribution in [-0.2, 0) is 16.1 Å². The zero-order valence-corrected chi connectivity index (χ0v) is 12.0. The fraction of sp³-hybridized carbons (Fsp3) is 0.562. The van der Waals surface area contributed by atoms with E-state index in [0.717, 1.165) is 5.56 Å². The van der Waals surface area contributed by atoms with Crippen LogP contribution in [0, 0.1) is 0 Å². The predicted octanol–water partition coefficient (Wildman–Crippen LogP) is 2.99. The molecule has 1 aromatic carbocycles. The molecule has 2 aliphatic heterocycles. The lowest BCUT2D eigenvalue weighted by atomic mass is 9.98. The third-order valence-corrected chi connectivity index (χ3v) is 4.43. The normalized spacial score (nSPS) is 31.1. The van der Waals surface area contributed by atoms with E-state index in [1.54, 1.807) is 0 Å². The third-order valence-electron chi connectivity index (χ3n) is 4.43. The molecule has 0 amide bonds. The molecule has 2 bridgehead atoms. The molecule has 114 valence electrons. The lowest BCUT2D eigenvalue weighted by Gasteiger charge is -2.38. The first kappa shape index (κ1) is 14.4. The summed E-state index contributed by atoms with van der Waals surface area (Å²) in [4.78, 5) is 12.9. The SMILES string of the molecule is CC(=O)O[C@@H]1C[C@@H]2CC(F)(F)[C@@H](C1)N2Cc1ccccc1. The van der Waals surface area contributed by atoms with E-state index in [0.29, 0.717) is 13.0 Å². The molecule has 0 spiro atoms. The molecule has 0 saturated carbocycles. The summed E-state index contributed by atoms with van der Waals surface area (Å²) in [6, 6.07) is 8.61. The number of hydrogen-bond donors (Lipinski definition) is 0. The van der Waals surface area contributed by atoms with Crippen molar-refractivity contribution in [2.75, 3.05) is 0 Å². The average molecular weight is 295 g/mol. The van der Waals surface area contributed by atoms with Gasteiger partial charge in [0.1, 0.15) is 6.10 Å². The van der Waals surface area contributed by atoms with E-state index >= 15 is 0 Å². The Hall–Kier alpha value is -1.49. The lowest BCUT2D eigenvalue weighted by Crippen LogP contribution is -2.48. The first-order chi connectivity index (χ1) is 9.95. The summed E-state index contributed by atoms with van der Waals surface area (Å²) in [6.07, 6.45) is 0.203. The molecular weight excluding hydrogens is 276 g/mol. The van der Waals surface area contributed by atoms with E-state index in [2.05, 4.69) is 0 Å². The van der Waals surface area contributed by atoms with E-state index in [1.807, 2.05) is 35.2 Å². The van der Waals surface area contributed by atoms with Gasteiger partial charge in [-0.15, -0.1) is 0 Å². The monoisotopic (exact) mass is 295 g/mol. The van der Waals surface area contributed by atoms with Gasteiger partial charge in [0.05, 0.1) is 6.04 Å². The van der Waals surface area contributed by atoms with Gasteiger partial charge in [-0.3, -0.25) is 9.69 Å². The number of rotatable bonds is 3. The van der Waals surface area contributed by atoms with Crippen molar-refractivity contribution in [1.82, 2.24) is 4.90 Å². The van der Waals surface area contributed by atoms with Crippen LogP contribution < -0.4 is 0 Å². The number of alkyl halides is 2. The maximum atomic E-state index is 14.2. The Morgan fingerprint density at radius 3 is 2.67 bits per heavy atom. The van der Waals surface area contributed by atoms with Crippen molar-refractivity contribution < 1.29 is 18.3 Å². The Morgan fingerprint density at radius 2 is 2.05 bits per heavy atom. The molecule has 2 heterocycles. The molecule has 3 nitrogen and oxygen atoms in total. The van der Waals surface area contributed by atoms with Crippen LogP contribution in [0.1, 0.15) is 31.7 Å². The summed E-state index contributed by atoms with van der Waals surface area (Å²) in [6.45, 7) is 1.86. The van der Waals surface area contributed by atoms with Crippen molar-refractivity contribution in [3.63, 3.8) is 0 Å². The molecule has 21 heavy (non-hydrogen) atoms. The van der Waals surface area contributed by atoms with Gasteiger partial charge in [-0.1, -0.05) is 30.3 Å². The molecule has 3 rings (SSSR count). The Kier molecular flexibility index (Phi) is 3.69. The number of ether oxygens (including phenoxy) is 1. The van der Waals surface area contributed by atoms with Crippen LogP contribution in [0.15, 0.2) is 30.3 Å². The standard InChI is InChI=1S/C16H19F2NO2/c1-11(20)21-14-7-13-9-16(17,18)15(8-14)19(13)10-12-5-3-2-4-6-12/h2-6,13-15H,7-10H2,1H3/t13-,14-,15-/m1/s1. The molecule has 5 heteroatoms. The van der Waals surface area contributed by atoms with Gasteiger partial charge in [0, 0.05) is 38.8 Å². The topological polar surface area (TPSA) is 29.5 Å². The van der Waals surface area contributed by atoms with Gasteiger partial charge in [0.2, 0.25) is 0 Å². The Bertz CT molecular complexity index is 520. The lowest BCUT2D eigenvalue weighted by molar-refractivity contribution is -0.152. The summed E-state index contributed by atoms with van der Waals surface area (Å²) >= 11 is 0. The molecule has 1 aromatic rings. The van der Waals surface area contributed by atoms with Gasteiger partial charge in [-0.05, 0) is 5.56 Å². The number of hydrogen-bond acceptors (Lipinski definition) is 3. The van der Waals surface area contributed by atoms with Crippen LogP contribution in [0.2, 0.25) is 0 Å². The van der Waals surface area contributed by atoms with E-state index in [1.165, 1.54) is 6.92 Å². The average Bonchev–Trinajstić information content (AvgIpc) is 2.55. The summed E-state index contributed by atoms with van der Waals surface area (Å²) in [5, 5.41) is 0. The summed E-state index contributed by atoms with van der Waals surface area (Å²) < 4.78 is 33.5. The molecule has 0 aliphatic carbocycles. The van der Waals surface area contributed by atoms with Crippen LogP contribution in [-0.4, -0.2) is 35.0 Å². The number of benzene rings is 1. The highest BCUT2D eigenvalue weighted by Crippen LogP contribution is 2.46. The quantitative estimate of drug-likeness (QED) is 0.803. The highest BCUT2D eigenvalue weighted by Gasteiger charge is 2.57. The molecule has 0 unspecified atom stereocenters. The number of carbonyl (C=O) groups excluding carboxylic acids is 1. The van der Waals surface area contributed by atoms with Gasteiger partial charge >= 0.3 is 5.97 Å². The molecular formula is C16H19F2NO2. The van der Waals surface area contributed by atoms with Crippen LogP contribution in [0.5, 0.6) is 0 Å². The van der Waals surface area contributed by atoms with E-state index in [4.69, 9.17) is 4.74 Å². The van der Waals surface area contributed by atoms with Crippen molar-refractivity contribution in [3.05, 3.63) is 35.9 Å². The second kappa shape index (κ2) is 5.37. The van der Waals surface area contributed by atoms with Gasteiger partial charge in [0.15, 0.2) is 0 Å². The number of halogens is 2. The van der Waals surface area contributed by atoms with E-state index < -0.39 is 12.0 Å². The summed E-state index contributed by atoms with van der Waals surface area (Å²) in [7, 11) is 0. The Labute approximate surface area is 122 Å². The molecule has 2 saturated heterocycles. The van der Waals surface area contributed by atoms with Crippen molar-refractivity contribution in [3.8, 4) is 0 Å². The Balaban J connectivity index is 1.76. The minimum Gasteiger partial charge on any atom is -0.462 e. The Morgan fingerprint density at radius 1 is 1.33 bits per heavy atom. The smallest absolute Gasteiger partial charge is 0.302 e. The number of fused-ring (bicyclic) bond motifs is 2. The minimum atomic E-state index is -2.70. The largest absolute Gasteiger partial charge is 0.462 e. The van der Waals surface area contributed by atoms with Gasteiger partial charge in [-0.25, -0.2) is 8.78 Å². The highest BCUT2D eigenvalue weighted by atomic mass is 19.3. The molecule has 3 atom stereocenters.